The van der Waals surface area contributed by atoms with Crippen molar-refractivity contribution in [3.63, 3.8) is 0 Å². The van der Waals surface area contributed by atoms with E-state index in [-0.39, 0.29) is 18.9 Å². The quantitative estimate of drug-likeness (QED) is 0.647. The van der Waals surface area contributed by atoms with Crippen LogP contribution in [-0.2, 0) is 4.79 Å². The molecule has 2 N–H and O–H groups in total. The van der Waals surface area contributed by atoms with Crippen LogP contribution in [0.4, 0.5) is 4.39 Å². The van der Waals surface area contributed by atoms with Gasteiger partial charge in [0.25, 0.3) is 0 Å². The van der Waals surface area contributed by atoms with Crippen molar-refractivity contribution < 1.29 is 9.18 Å². The SMILES string of the molecule is N#CC1(NC(=O)C2CC(F)CN2)CC1. The van der Waals surface area contributed by atoms with E-state index in [1.807, 2.05) is 0 Å². The zero-order valence-electron chi connectivity index (χ0n) is 7.72. The molecule has 0 radical (unpaired) electrons. The Bertz CT molecular complexity index is 295. The van der Waals surface area contributed by atoms with Crippen molar-refractivity contribution in [1.82, 2.24) is 10.6 Å². The summed E-state index contributed by atoms with van der Waals surface area (Å²) in [6.45, 7) is 0.234. The van der Waals surface area contributed by atoms with E-state index in [9.17, 15) is 9.18 Å². The number of alkyl halides is 1. The fourth-order valence-corrected chi connectivity index (χ4v) is 1.60. The summed E-state index contributed by atoms with van der Waals surface area (Å²) in [6, 6.07) is 1.60. The Morgan fingerprint density at radius 2 is 2.36 bits per heavy atom. The Hall–Kier alpha value is -1.15. The second kappa shape index (κ2) is 3.21. The lowest BCUT2D eigenvalue weighted by atomic mass is 10.2. The van der Waals surface area contributed by atoms with E-state index >= 15 is 0 Å². The summed E-state index contributed by atoms with van der Waals surface area (Å²) >= 11 is 0. The Kier molecular flexibility index (Phi) is 2.16. The number of amides is 1. The molecule has 1 saturated heterocycles. The predicted octanol–water partition coefficient (Wildman–Crippen LogP) is -0.141. The number of carbonyl (C=O) groups is 1. The molecule has 2 atom stereocenters. The van der Waals surface area contributed by atoms with Crippen LogP contribution in [0.1, 0.15) is 19.3 Å². The molecule has 2 rings (SSSR count). The average Bonchev–Trinajstić information content (AvgIpc) is 2.80. The maximum atomic E-state index is 12.8. The smallest absolute Gasteiger partial charge is 0.238 e. The standard InChI is InChI=1S/C9H12FN3O/c10-6-3-7(12-4-6)8(14)13-9(5-11)1-2-9/h6-7,12H,1-4H2,(H,13,14). The summed E-state index contributed by atoms with van der Waals surface area (Å²) in [5.41, 5.74) is -0.646. The van der Waals surface area contributed by atoms with Gasteiger partial charge in [-0.1, -0.05) is 0 Å². The Balaban J connectivity index is 1.88. The zero-order valence-corrected chi connectivity index (χ0v) is 7.72. The van der Waals surface area contributed by atoms with Gasteiger partial charge in [0.1, 0.15) is 11.7 Å². The molecule has 4 nitrogen and oxygen atoms in total. The molecule has 1 aliphatic carbocycles. The molecular weight excluding hydrogens is 185 g/mol. The summed E-state index contributed by atoms with van der Waals surface area (Å²) in [5, 5.41) is 14.2. The molecule has 2 fully saturated rings. The van der Waals surface area contributed by atoms with Gasteiger partial charge in [0.2, 0.25) is 5.91 Å². The maximum Gasteiger partial charge on any atom is 0.238 e. The second-order valence-corrected chi connectivity index (χ2v) is 3.98. The molecule has 2 unspecified atom stereocenters. The third-order valence-corrected chi connectivity index (χ3v) is 2.72. The van der Waals surface area contributed by atoms with Gasteiger partial charge in [-0.05, 0) is 12.8 Å². The van der Waals surface area contributed by atoms with Crippen molar-refractivity contribution in [3.05, 3.63) is 0 Å². The first-order valence-corrected chi connectivity index (χ1v) is 4.76. The molecule has 5 heteroatoms. The molecule has 1 heterocycles. The van der Waals surface area contributed by atoms with Crippen LogP contribution in [0.15, 0.2) is 0 Å². The molecule has 0 aromatic heterocycles. The minimum absolute atomic E-state index is 0.216. The molecule has 76 valence electrons. The largest absolute Gasteiger partial charge is 0.336 e. The van der Waals surface area contributed by atoms with Crippen molar-refractivity contribution >= 4 is 5.91 Å². The molecule has 0 aromatic rings. The van der Waals surface area contributed by atoms with Gasteiger partial charge >= 0.3 is 0 Å². The molecular formula is C9H12FN3O. The highest BCUT2D eigenvalue weighted by Crippen LogP contribution is 2.34. The highest BCUT2D eigenvalue weighted by atomic mass is 19.1. The molecule has 2 aliphatic rings. The number of nitriles is 1. The van der Waals surface area contributed by atoms with Crippen molar-refractivity contribution in [2.24, 2.45) is 0 Å². The number of hydrogen-bond acceptors (Lipinski definition) is 3. The van der Waals surface area contributed by atoms with E-state index < -0.39 is 17.8 Å². The van der Waals surface area contributed by atoms with Gasteiger partial charge in [-0.15, -0.1) is 0 Å². The Morgan fingerprint density at radius 3 is 2.79 bits per heavy atom. The first kappa shape index (κ1) is 9.41. The van der Waals surface area contributed by atoms with Crippen LogP contribution in [-0.4, -0.2) is 30.2 Å². The number of nitrogens with one attached hydrogen (secondary N) is 2. The van der Waals surface area contributed by atoms with Crippen LogP contribution in [0.5, 0.6) is 0 Å². The first-order valence-electron chi connectivity index (χ1n) is 4.76. The van der Waals surface area contributed by atoms with Gasteiger partial charge in [-0.2, -0.15) is 5.26 Å². The zero-order chi connectivity index (χ0) is 10.2. The van der Waals surface area contributed by atoms with Crippen molar-refractivity contribution in [3.8, 4) is 6.07 Å². The molecule has 0 spiro atoms. The lowest BCUT2D eigenvalue weighted by Crippen LogP contribution is -2.45. The third kappa shape index (κ3) is 1.70. The Labute approximate surface area is 81.5 Å². The van der Waals surface area contributed by atoms with E-state index in [0.717, 1.165) is 0 Å². The number of nitrogens with zero attached hydrogens (tertiary/aromatic N) is 1. The van der Waals surface area contributed by atoms with Crippen molar-refractivity contribution in [1.29, 1.82) is 5.26 Å². The molecule has 14 heavy (non-hydrogen) atoms. The van der Waals surface area contributed by atoms with Gasteiger partial charge in [-0.25, -0.2) is 4.39 Å². The first-order chi connectivity index (χ1) is 6.65. The summed E-state index contributed by atoms with van der Waals surface area (Å²) in [4.78, 5) is 11.5. The van der Waals surface area contributed by atoms with E-state index in [4.69, 9.17) is 5.26 Å². The molecule has 1 saturated carbocycles. The van der Waals surface area contributed by atoms with E-state index in [1.165, 1.54) is 0 Å². The van der Waals surface area contributed by atoms with Gasteiger partial charge in [0.05, 0.1) is 12.1 Å². The molecule has 1 amide bonds. The van der Waals surface area contributed by atoms with Crippen molar-refractivity contribution in [2.75, 3.05) is 6.54 Å². The lowest BCUT2D eigenvalue weighted by Gasteiger charge is -2.13. The summed E-state index contributed by atoms with van der Waals surface area (Å²) < 4.78 is 12.8. The highest BCUT2D eigenvalue weighted by Gasteiger charge is 2.46. The van der Waals surface area contributed by atoms with Crippen LogP contribution in [0.2, 0.25) is 0 Å². The maximum absolute atomic E-state index is 12.8. The van der Waals surface area contributed by atoms with Gasteiger partial charge in [-0.3, -0.25) is 4.79 Å². The van der Waals surface area contributed by atoms with Crippen LogP contribution in [0.25, 0.3) is 0 Å². The minimum atomic E-state index is -0.942. The topological polar surface area (TPSA) is 64.9 Å². The highest BCUT2D eigenvalue weighted by molar-refractivity contribution is 5.83. The molecule has 0 bridgehead atoms. The van der Waals surface area contributed by atoms with Gasteiger partial charge in [0.15, 0.2) is 0 Å². The number of halogens is 1. The fraction of sp³-hybridized carbons (Fsp3) is 0.778. The normalized spacial score (nSPS) is 33.4. The van der Waals surface area contributed by atoms with Crippen LogP contribution in [0.3, 0.4) is 0 Å². The van der Waals surface area contributed by atoms with E-state index in [0.29, 0.717) is 12.8 Å². The third-order valence-electron chi connectivity index (χ3n) is 2.72. The number of hydrogen-bond donors (Lipinski definition) is 2. The van der Waals surface area contributed by atoms with Crippen LogP contribution in [0, 0.1) is 11.3 Å². The minimum Gasteiger partial charge on any atom is -0.336 e. The lowest BCUT2D eigenvalue weighted by molar-refractivity contribution is -0.123. The van der Waals surface area contributed by atoms with E-state index in [1.54, 1.807) is 0 Å². The summed E-state index contributed by atoms with van der Waals surface area (Å²) in [5.74, 6) is -0.246. The van der Waals surface area contributed by atoms with Gasteiger partial charge < -0.3 is 10.6 Å². The van der Waals surface area contributed by atoms with Crippen molar-refractivity contribution in [2.45, 2.75) is 37.0 Å². The van der Waals surface area contributed by atoms with E-state index in [2.05, 4.69) is 16.7 Å². The number of rotatable bonds is 2. The number of carbonyl (C=O) groups excluding carboxylic acids is 1. The molecule has 0 aromatic carbocycles. The summed E-state index contributed by atoms with van der Waals surface area (Å²) in [7, 11) is 0. The monoisotopic (exact) mass is 197 g/mol. The second-order valence-electron chi connectivity index (χ2n) is 3.98. The van der Waals surface area contributed by atoms with Crippen LogP contribution >= 0.6 is 0 Å². The predicted molar refractivity (Wildman–Crippen MR) is 47.0 cm³/mol. The Morgan fingerprint density at radius 1 is 1.64 bits per heavy atom. The van der Waals surface area contributed by atoms with Crippen LogP contribution < -0.4 is 10.6 Å². The fourth-order valence-electron chi connectivity index (χ4n) is 1.60. The summed E-state index contributed by atoms with van der Waals surface area (Å²) in [6.07, 6.45) is 0.693. The van der Waals surface area contributed by atoms with Gasteiger partial charge in [0, 0.05) is 13.0 Å². The average molecular weight is 197 g/mol. The molecule has 1 aliphatic heterocycles.